The van der Waals surface area contributed by atoms with Crippen molar-refractivity contribution in [3.63, 3.8) is 0 Å². The van der Waals surface area contributed by atoms with Crippen LogP contribution in [-0.2, 0) is 14.8 Å². The third-order valence-electron chi connectivity index (χ3n) is 3.21. The van der Waals surface area contributed by atoms with Gasteiger partial charge in [-0.3, -0.25) is 14.9 Å². The van der Waals surface area contributed by atoms with E-state index in [1.54, 1.807) is 0 Å². The molecule has 0 bridgehead atoms. The molecular formula is C11H11FN2O6S. The number of nitro groups is 1. The van der Waals surface area contributed by atoms with Crippen LogP contribution in [0.2, 0.25) is 0 Å². The maximum atomic E-state index is 13.5. The Labute approximate surface area is 119 Å². The van der Waals surface area contributed by atoms with E-state index in [-0.39, 0.29) is 13.0 Å². The fourth-order valence-electron chi connectivity index (χ4n) is 2.21. The number of rotatable bonds is 4. The highest BCUT2D eigenvalue weighted by atomic mass is 32.2. The maximum absolute atomic E-state index is 13.5. The second-order valence-corrected chi connectivity index (χ2v) is 6.37. The van der Waals surface area contributed by atoms with E-state index in [1.807, 2.05) is 0 Å². The molecule has 1 aliphatic rings. The summed E-state index contributed by atoms with van der Waals surface area (Å²) < 4.78 is 38.9. The average Bonchev–Trinajstić information content (AvgIpc) is 2.88. The summed E-state index contributed by atoms with van der Waals surface area (Å²) in [5.74, 6) is -2.56. The van der Waals surface area contributed by atoms with Gasteiger partial charge in [-0.1, -0.05) is 0 Å². The topological polar surface area (TPSA) is 118 Å². The molecule has 0 unspecified atom stereocenters. The number of carboxylic acid groups (broad SMARTS) is 1. The summed E-state index contributed by atoms with van der Waals surface area (Å²) in [6.45, 7) is 0.0118. The molecular weight excluding hydrogens is 307 g/mol. The molecule has 0 aromatic heterocycles. The van der Waals surface area contributed by atoms with Crippen molar-refractivity contribution in [2.24, 2.45) is 0 Å². The van der Waals surface area contributed by atoms with E-state index >= 15 is 0 Å². The molecule has 1 fully saturated rings. The monoisotopic (exact) mass is 318 g/mol. The second kappa shape index (κ2) is 5.37. The molecule has 1 aromatic carbocycles. The highest BCUT2D eigenvalue weighted by Gasteiger charge is 2.39. The molecule has 10 heteroatoms. The summed E-state index contributed by atoms with van der Waals surface area (Å²) in [6, 6.07) is 0.972. The third-order valence-corrected chi connectivity index (χ3v) is 5.12. The molecule has 2 rings (SSSR count). The average molecular weight is 318 g/mol. The SMILES string of the molecule is O=C(O)[C@H]1CCCN1S(=O)(=O)c1ccc([N+](=O)[O-])c(F)c1. The zero-order valence-corrected chi connectivity index (χ0v) is 11.4. The highest BCUT2D eigenvalue weighted by molar-refractivity contribution is 7.89. The minimum Gasteiger partial charge on any atom is -0.480 e. The number of nitro benzene ring substituents is 1. The van der Waals surface area contributed by atoms with Crippen molar-refractivity contribution < 1.29 is 27.6 Å². The van der Waals surface area contributed by atoms with Crippen molar-refractivity contribution in [2.45, 2.75) is 23.8 Å². The maximum Gasteiger partial charge on any atom is 0.322 e. The Hall–Kier alpha value is -2.07. The number of benzene rings is 1. The number of aliphatic carboxylic acids is 1. The Morgan fingerprint density at radius 3 is 2.67 bits per heavy atom. The summed E-state index contributed by atoms with van der Waals surface area (Å²) in [4.78, 5) is 20.1. The first-order valence-electron chi connectivity index (χ1n) is 5.93. The van der Waals surface area contributed by atoms with Gasteiger partial charge in [-0.2, -0.15) is 8.70 Å². The van der Waals surface area contributed by atoms with Crippen molar-refractivity contribution in [1.82, 2.24) is 4.31 Å². The fourth-order valence-corrected chi connectivity index (χ4v) is 3.87. The van der Waals surface area contributed by atoms with E-state index in [1.165, 1.54) is 0 Å². The lowest BCUT2D eigenvalue weighted by atomic mass is 10.2. The molecule has 0 aliphatic carbocycles. The highest BCUT2D eigenvalue weighted by Crippen LogP contribution is 2.28. The van der Waals surface area contributed by atoms with E-state index < -0.39 is 43.4 Å². The second-order valence-electron chi connectivity index (χ2n) is 4.48. The first-order chi connectivity index (χ1) is 9.75. The van der Waals surface area contributed by atoms with Crippen LogP contribution < -0.4 is 0 Å². The van der Waals surface area contributed by atoms with Crippen molar-refractivity contribution in [3.8, 4) is 0 Å². The molecule has 1 aliphatic heterocycles. The van der Waals surface area contributed by atoms with Gasteiger partial charge in [-0.05, 0) is 18.9 Å². The number of halogens is 1. The van der Waals surface area contributed by atoms with E-state index in [4.69, 9.17) is 5.11 Å². The third kappa shape index (κ3) is 2.72. The predicted molar refractivity (Wildman–Crippen MR) is 67.6 cm³/mol. The van der Waals surface area contributed by atoms with Gasteiger partial charge in [0.1, 0.15) is 6.04 Å². The van der Waals surface area contributed by atoms with Crippen LogP contribution in [0.25, 0.3) is 0 Å². The minimum atomic E-state index is -4.21. The zero-order valence-electron chi connectivity index (χ0n) is 10.6. The van der Waals surface area contributed by atoms with Crippen molar-refractivity contribution in [1.29, 1.82) is 0 Å². The number of carbonyl (C=O) groups is 1. The Kier molecular flexibility index (Phi) is 3.92. The lowest BCUT2D eigenvalue weighted by Gasteiger charge is -2.20. The van der Waals surface area contributed by atoms with E-state index in [0.29, 0.717) is 12.5 Å². The van der Waals surface area contributed by atoms with Gasteiger partial charge in [-0.15, -0.1) is 0 Å². The van der Waals surface area contributed by atoms with Gasteiger partial charge in [0.05, 0.1) is 9.82 Å². The van der Waals surface area contributed by atoms with E-state index in [2.05, 4.69) is 0 Å². The van der Waals surface area contributed by atoms with E-state index in [9.17, 15) is 27.7 Å². The van der Waals surface area contributed by atoms with Gasteiger partial charge in [0, 0.05) is 18.7 Å². The van der Waals surface area contributed by atoms with Crippen LogP contribution in [0, 0.1) is 15.9 Å². The molecule has 0 spiro atoms. The van der Waals surface area contributed by atoms with Crippen LogP contribution in [0.5, 0.6) is 0 Å². The summed E-state index contributed by atoms with van der Waals surface area (Å²) in [7, 11) is -4.21. The molecule has 0 saturated carbocycles. The molecule has 1 N–H and O–H groups in total. The molecule has 1 aromatic rings. The molecule has 1 saturated heterocycles. The number of sulfonamides is 1. The number of nitrogens with zero attached hydrogens (tertiary/aromatic N) is 2. The Balaban J connectivity index is 2.43. The smallest absolute Gasteiger partial charge is 0.322 e. The normalized spacial score (nSPS) is 19.6. The van der Waals surface area contributed by atoms with Crippen LogP contribution in [-0.4, -0.2) is 41.3 Å². The van der Waals surface area contributed by atoms with Crippen LogP contribution in [0.4, 0.5) is 10.1 Å². The van der Waals surface area contributed by atoms with Gasteiger partial charge in [0.25, 0.3) is 0 Å². The molecule has 1 atom stereocenters. The first kappa shape index (κ1) is 15.3. The minimum absolute atomic E-state index is 0.0118. The largest absolute Gasteiger partial charge is 0.480 e. The predicted octanol–water partition coefficient (Wildman–Crippen LogP) is 0.972. The quantitative estimate of drug-likeness (QED) is 0.653. The van der Waals surface area contributed by atoms with Crippen molar-refractivity contribution >= 4 is 21.7 Å². The Morgan fingerprint density at radius 1 is 1.48 bits per heavy atom. The standard InChI is InChI=1S/C11H11FN2O6S/c12-8-6-7(3-4-9(8)14(17)18)21(19,20)13-5-1-2-10(13)11(15)16/h3-4,6,10H,1-2,5H2,(H,15,16)/t10-/m1/s1. The summed E-state index contributed by atoms with van der Waals surface area (Å²) in [5, 5.41) is 19.5. The Bertz CT molecular complexity index is 705. The molecule has 0 amide bonds. The lowest BCUT2D eigenvalue weighted by Crippen LogP contribution is -2.40. The lowest BCUT2D eigenvalue weighted by molar-refractivity contribution is -0.387. The van der Waals surface area contributed by atoms with Crippen LogP contribution in [0.3, 0.4) is 0 Å². The molecule has 114 valence electrons. The Morgan fingerprint density at radius 2 is 2.14 bits per heavy atom. The van der Waals surface area contributed by atoms with Gasteiger partial charge in [0.15, 0.2) is 0 Å². The molecule has 21 heavy (non-hydrogen) atoms. The molecule has 8 nitrogen and oxygen atoms in total. The molecule has 0 radical (unpaired) electrons. The van der Waals surface area contributed by atoms with Crippen LogP contribution in [0.15, 0.2) is 23.1 Å². The van der Waals surface area contributed by atoms with Crippen molar-refractivity contribution in [3.05, 3.63) is 34.1 Å². The van der Waals surface area contributed by atoms with Gasteiger partial charge in [-0.25, -0.2) is 8.42 Å². The van der Waals surface area contributed by atoms with E-state index in [0.717, 1.165) is 16.4 Å². The van der Waals surface area contributed by atoms with Crippen LogP contribution >= 0.6 is 0 Å². The van der Waals surface area contributed by atoms with Gasteiger partial charge >= 0.3 is 11.7 Å². The van der Waals surface area contributed by atoms with Crippen LogP contribution in [0.1, 0.15) is 12.8 Å². The fraction of sp³-hybridized carbons (Fsp3) is 0.364. The number of hydrogen-bond acceptors (Lipinski definition) is 5. The van der Waals surface area contributed by atoms with Gasteiger partial charge in [0.2, 0.25) is 15.8 Å². The van der Waals surface area contributed by atoms with Gasteiger partial charge < -0.3 is 5.11 Å². The first-order valence-corrected chi connectivity index (χ1v) is 7.37. The summed E-state index contributed by atoms with van der Waals surface area (Å²) in [5.41, 5.74) is -0.842. The zero-order chi connectivity index (χ0) is 15.8. The summed E-state index contributed by atoms with van der Waals surface area (Å²) in [6.07, 6.45) is 0.551. The number of hydrogen-bond donors (Lipinski definition) is 1. The van der Waals surface area contributed by atoms with Crippen molar-refractivity contribution in [2.75, 3.05) is 6.54 Å². The number of carboxylic acids is 1. The summed E-state index contributed by atoms with van der Waals surface area (Å²) >= 11 is 0. The molecule has 1 heterocycles.